The fraction of sp³-hybridized carbons (Fsp3) is 0.600. The number of piperidine rings is 1. The van der Waals surface area contributed by atoms with Crippen molar-refractivity contribution < 1.29 is 49.1 Å². The number of halogens is 6. The van der Waals surface area contributed by atoms with Crippen LogP contribution in [0.4, 0.5) is 26.3 Å². The lowest BCUT2D eigenvalue weighted by Gasteiger charge is -2.22. The first kappa shape index (κ1) is 29.7. The molecule has 0 aromatic heterocycles. The molecular weight excluding hydrogens is 494 g/mol. The molecule has 0 spiro atoms. The Morgan fingerprint density at radius 2 is 1.50 bits per heavy atom. The Balaban J connectivity index is 0.000000718. The quantitative estimate of drug-likeness (QED) is 0.453. The van der Waals surface area contributed by atoms with Gasteiger partial charge in [-0.3, -0.25) is 9.59 Å². The van der Waals surface area contributed by atoms with Gasteiger partial charge in [0.15, 0.2) is 0 Å². The second-order valence-electron chi connectivity index (χ2n) is 8.53. The first-order valence-corrected chi connectivity index (χ1v) is 11.7. The molecule has 1 aromatic carbocycles. The summed E-state index contributed by atoms with van der Waals surface area (Å²) in [6.45, 7) is 7.08. The summed E-state index contributed by atoms with van der Waals surface area (Å²) in [6.07, 6.45) is -9.22. The molecule has 1 fully saturated rings. The summed E-state index contributed by atoms with van der Waals surface area (Å²) >= 11 is 0. The molecule has 34 heavy (non-hydrogen) atoms. The molecule has 1 aromatic rings. The third-order valence-corrected chi connectivity index (χ3v) is 5.82. The molecule has 1 aliphatic rings. The van der Waals surface area contributed by atoms with Crippen molar-refractivity contribution in [3.63, 3.8) is 0 Å². The molecule has 0 atom stereocenters. The molecule has 194 valence electrons. The van der Waals surface area contributed by atoms with E-state index >= 15 is 0 Å². The van der Waals surface area contributed by atoms with Crippen molar-refractivity contribution in [2.24, 2.45) is 5.92 Å². The second kappa shape index (κ2) is 11.4. The zero-order valence-corrected chi connectivity index (χ0v) is 19.5. The number of rotatable bonds is 5. The maximum Gasteiger partial charge on any atom is 0.416 e. The van der Waals surface area contributed by atoms with Crippen LogP contribution in [0.3, 0.4) is 0 Å². The molecule has 0 saturated carbocycles. The summed E-state index contributed by atoms with van der Waals surface area (Å²) in [4.78, 5) is 21.6. The third kappa shape index (κ3) is 10.7. The lowest BCUT2D eigenvalue weighted by Crippen LogP contribution is -2.38. The van der Waals surface area contributed by atoms with E-state index in [9.17, 15) is 44.3 Å². The Morgan fingerprint density at radius 3 is 1.85 bits per heavy atom. The van der Waals surface area contributed by atoms with Gasteiger partial charge in [-0.05, 0) is 70.8 Å². The minimum atomic E-state index is -5.13. The molecule has 1 saturated heterocycles. The van der Waals surface area contributed by atoms with E-state index in [2.05, 4.69) is 10.1 Å². The Bertz CT molecular complexity index is 917. The van der Waals surface area contributed by atoms with Gasteiger partial charge in [0, 0.05) is 5.56 Å². The molecule has 0 radical (unpaired) electrons. The third-order valence-electron chi connectivity index (χ3n) is 4.41. The average Bonchev–Trinajstić information content (AvgIpc) is 2.66. The van der Waals surface area contributed by atoms with E-state index in [-0.39, 0.29) is 29.7 Å². The van der Waals surface area contributed by atoms with Gasteiger partial charge in [0.1, 0.15) is 5.60 Å². The van der Waals surface area contributed by atoms with Gasteiger partial charge in [0.05, 0.1) is 16.9 Å². The van der Waals surface area contributed by atoms with Crippen molar-refractivity contribution in [3.05, 3.63) is 34.9 Å². The normalized spacial score (nSPS) is 15.7. The number of amides is 1. The van der Waals surface area contributed by atoms with Crippen LogP contribution in [0.5, 0.6) is 0 Å². The molecule has 2 N–H and O–H groups in total. The van der Waals surface area contributed by atoms with Crippen LogP contribution >= 0.6 is 0 Å². The summed E-state index contributed by atoms with van der Waals surface area (Å²) in [7, 11) is -4.22. The lowest BCUT2D eigenvalue weighted by atomic mass is 10.0. The highest BCUT2D eigenvalue weighted by Gasteiger charge is 2.38. The van der Waals surface area contributed by atoms with E-state index in [1.807, 2.05) is 20.8 Å². The molecule has 0 bridgehead atoms. The molecule has 1 amide bonds. The first-order valence-electron chi connectivity index (χ1n) is 10.0. The summed E-state index contributed by atoms with van der Waals surface area (Å²) in [5.41, 5.74) is -4.75. The topological polar surface area (TPSA) is 102 Å². The SMILES string of the molecule is CC(C)(C)OC=O.O=C(NS(=O)(=O)CC1CCNCC1)c1cc(C(F)(F)F)cc(C(F)(F)F)c1. The van der Waals surface area contributed by atoms with E-state index in [4.69, 9.17) is 0 Å². The van der Waals surface area contributed by atoms with Gasteiger partial charge in [0.2, 0.25) is 10.0 Å². The van der Waals surface area contributed by atoms with Crippen molar-refractivity contribution in [1.29, 1.82) is 0 Å². The van der Waals surface area contributed by atoms with Crippen molar-refractivity contribution in [1.82, 2.24) is 10.0 Å². The van der Waals surface area contributed by atoms with Crippen molar-refractivity contribution in [2.75, 3.05) is 18.8 Å². The van der Waals surface area contributed by atoms with E-state index < -0.39 is 50.7 Å². The van der Waals surface area contributed by atoms with E-state index in [0.29, 0.717) is 32.4 Å². The van der Waals surface area contributed by atoms with Crippen LogP contribution in [0.25, 0.3) is 0 Å². The van der Waals surface area contributed by atoms with Crippen LogP contribution in [0.1, 0.15) is 55.1 Å². The van der Waals surface area contributed by atoms with Gasteiger partial charge in [-0.15, -0.1) is 0 Å². The molecule has 2 rings (SSSR count). The van der Waals surface area contributed by atoms with Gasteiger partial charge in [0.25, 0.3) is 12.4 Å². The molecule has 1 aliphatic heterocycles. The smallest absolute Gasteiger partial charge is 0.416 e. The van der Waals surface area contributed by atoms with Crippen molar-refractivity contribution >= 4 is 22.4 Å². The monoisotopic (exact) mass is 520 g/mol. The predicted molar refractivity (Wildman–Crippen MR) is 110 cm³/mol. The lowest BCUT2D eigenvalue weighted by molar-refractivity contribution is -0.143. The summed E-state index contributed by atoms with van der Waals surface area (Å²) in [6, 6.07) is 0.232. The second-order valence-corrected chi connectivity index (χ2v) is 10.3. The molecule has 1 heterocycles. The number of hydrogen-bond donors (Lipinski definition) is 2. The van der Waals surface area contributed by atoms with Crippen molar-refractivity contribution in [3.8, 4) is 0 Å². The standard InChI is InChI=1S/C15H16F6N2O3S.C5H10O2/c16-14(17,18)11-5-10(6-12(7-11)15(19,20)21)13(24)23-27(25,26)8-9-1-3-22-4-2-9;1-5(2,3)7-4-6/h5-7,9,22H,1-4,8H2,(H,23,24);4H,1-3H3. The molecular formula is C20H26F6N2O5S. The summed E-state index contributed by atoms with van der Waals surface area (Å²) < 4.78 is 107. The van der Waals surface area contributed by atoms with Gasteiger partial charge in [-0.25, -0.2) is 13.1 Å². The van der Waals surface area contributed by atoms with Crippen LogP contribution in [0.2, 0.25) is 0 Å². The number of sulfonamides is 1. The minimum absolute atomic E-state index is 0.139. The Kier molecular flexibility index (Phi) is 9.94. The number of carbonyl (C=O) groups is 2. The number of ether oxygens (including phenoxy) is 1. The highest BCUT2D eigenvalue weighted by atomic mass is 32.2. The zero-order chi connectivity index (χ0) is 26.4. The number of carbonyl (C=O) groups excluding carboxylic acids is 2. The summed E-state index contributed by atoms with van der Waals surface area (Å²) in [5.74, 6) is -2.24. The molecule has 0 aliphatic carbocycles. The van der Waals surface area contributed by atoms with Gasteiger partial charge < -0.3 is 10.1 Å². The van der Waals surface area contributed by atoms with E-state index in [0.717, 1.165) is 0 Å². The number of nitrogens with one attached hydrogen (secondary N) is 2. The number of alkyl halides is 6. The first-order chi connectivity index (χ1) is 15.3. The fourth-order valence-electron chi connectivity index (χ4n) is 2.83. The minimum Gasteiger partial charge on any atom is -0.462 e. The van der Waals surface area contributed by atoms with Crippen molar-refractivity contribution in [2.45, 2.75) is 51.6 Å². The zero-order valence-electron chi connectivity index (χ0n) is 18.6. The highest BCUT2D eigenvalue weighted by molar-refractivity contribution is 7.90. The summed E-state index contributed by atoms with van der Waals surface area (Å²) in [5, 5.41) is 3.01. The Labute approximate surface area is 193 Å². The van der Waals surface area contributed by atoms with Crippen LogP contribution in [0, 0.1) is 5.92 Å². The Hall–Kier alpha value is -2.35. The van der Waals surface area contributed by atoms with Gasteiger partial charge >= 0.3 is 12.4 Å². The van der Waals surface area contributed by atoms with Crippen LogP contribution in [-0.2, 0) is 31.9 Å². The largest absolute Gasteiger partial charge is 0.462 e. The molecule has 14 heteroatoms. The number of benzene rings is 1. The van der Waals surface area contributed by atoms with E-state index in [1.54, 1.807) is 4.72 Å². The Morgan fingerprint density at radius 1 is 1.03 bits per heavy atom. The van der Waals surface area contributed by atoms with Crippen LogP contribution in [-0.4, -0.2) is 45.2 Å². The maximum absolute atomic E-state index is 12.8. The van der Waals surface area contributed by atoms with Crippen LogP contribution in [0.15, 0.2) is 18.2 Å². The van der Waals surface area contributed by atoms with Gasteiger partial charge in [-0.1, -0.05) is 0 Å². The molecule has 0 unspecified atom stereocenters. The predicted octanol–water partition coefficient (Wildman–Crippen LogP) is 3.74. The van der Waals surface area contributed by atoms with E-state index in [1.165, 1.54) is 0 Å². The maximum atomic E-state index is 12.8. The van der Waals surface area contributed by atoms with Crippen LogP contribution < -0.4 is 10.0 Å². The fourth-order valence-corrected chi connectivity index (χ4v) is 4.27. The molecule has 7 nitrogen and oxygen atoms in total. The van der Waals surface area contributed by atoms with Gasteiger partial charge in [-0.2, -0.15) is 26.3 Å². The number of hydrogen-bond acceptors (Lipinski definition) is 6. The highest BCUT2D eigenvalue weighted by Crippen LogP contribution is 2.36. The average molecular weight is 520 g/mol.